The van der Waals surface area contributed by atoms with Crippen LogP contribution < -0.4 is 9.47 Å². The number of carbonyl (C=O) groups excluding carboxylic acids is 1. The fraction of sp³-hybridized carbons (Fsp3) is 0.192. The van der Waals surface area contributed by atoms with E-state index >= 15 is 0 Å². The molecular formula is C26H25NO5. The molecule has 2 aromatic carbocycles. The van der Waals surface area contributed by atoms with Gasteiger partial charge in [0.05, 0.1) is 26.5 Å². The molecule has 0 aliphatic carbocycles. The molecule has 164 valence electrons. The van der Waals surface area contributed by atoms with Gasteiger partial charge in [-0.2, -0.15) is 0 Å². The standard InChI is InChI=1S/C26H25NO5/c1-18(28)31-16-15-27-14-4-5-24(27)25-17-23(19-6-10-21(29-2)11-7-19)26(32-25)20-8-12-22(30-3)13-9-20/h4-14,17H,15-16H2,1-3H3. The maximum Gasteiger partial charge on any atom is 0.302 e. The first-order valence-corrected chi connectivity index (χ1v) is 10.3. The van der Waals surface area contributed by atoms with Gasteiger partial charge in [-0.1, -0.05) is 12.1 Å². The van der Waals surface area contributed by atoms with E-state index in [4.69, 9.17) is 18.6 Å². The second kappa shape index (κ2) is 9.47. The third-order valence-corrected chi connectivity index (χ3v) is 5.20. The van der Waals surface area contributed by atoms with Gasteiger partial charge >= 0.3 is 5.97 Å². The molecule has 0 N–H and O–H groups in total. The van der Waals surface area contributed by atoms with E-state index in [1.54, 1.807) is 14.2 Å². The molecule has 4 aromatic rings. The van der Waals surface area contributed by atoms with Gasteiger partial charge in [-0.05, 0) is 60.2 Å². The van der Waals surface area contributed by atoms with Crippen LogP contribution >= 0.6 is 0 Å². The van der Waals surface area contributed by atoms with E-state index in [2.05, 4.69) is 0 Å². The number of furan rings is 1. The summed E-state index contributed by atoms with van der Waals surface area (Å²) in [6.45, 7) is 2.25. The molecule has 0 aliphatic rings. The quantitative estimate of drug-likeness (QED) is 0.337. The number of nitrogens with zero attached hydrogens (tertiary/aromatic N) is 1. The molecule has 2 aromatic heterocycles. The Morgan fingerprint density at radius 2 is 1.53 bits per heavy atom. The van der Waals surface area contributed by atoms with Crippen molar-refractivity contribution in [2.24, 2.45) is 0 Å². The Morgan fingerprint density at radius 1 is 0.906 bits per heavy atom. The second-order valence-electron chi connectivity index (χ2n) is 7.24. The largest absolute Gasteiger partial charge is 0.497 e. The summed E-state index contributed by atoms with van der Waals surface area (Å²) in [6, 6.07) is 21.7. The topological polar surface area (TPSA) is 62.8 Å². The van der Waals surface area contributed by atoms with Gasteiger partial charge in [0.15, 0.2) is 5.76 Å². The lowest BCUT2D eigenvalue weighted by Crippen LogP contribution is -2.08. The van der Waals surface area contributed by atoms with Gasteiger partial charge in [-0.3, -0.25) is 4.79 Å². The van der Waals surface area contributed by atoms with Gasteiger partial charge in [0, 0.05) is 24.2 Å². The van der Waals surface area contributed by atoms with Crippen LogP contribution in [0.1, 0.15) is 6.92 Å². The lowest BCUT2D eigenvalue weighted by molar-refractivity contribution is -0.141. The van der Waals surface area contributed by atoms with Gasteiger partial charge in [0.2, 0.25) is 0 Å². The maximum atomic E-state index is 11.1. The first-order valence-electron chi connectivity index (χ1n) is 10.3. The van der Waals surface area contributed by atoms with E-state index in [0.29, 0.717) is 13.2 Å². The number of methoxy groups -OCH3 is 2. The first kappa shape index (κ1) is 21.3. The summed E-state index contributed by atoms with van der Waals surface area (Å²) in [5.41, 5.74) is 3.85. The summed E-state index contributed by atoms with van der Waals surface area (Å²) in [5.74, 6) is 2.78. The molecule has 0 bridgehead atoms. The molecule has 6 heteroatoms. The molecule has 32 heavy (non-hydrogen) atoms. The molecule has 0 unspecified atom stereocenters. The van der Waals surface area contributed by atoms with Crippen molar-refractivity contribution in [2.45, 2.75) is 13.5 Å². The van der Waals surface area contributed by atoms with Crippen LogP contribution in [-0.4, -0.2) is 31.4 Å². The average Bonchev–Trinajstić information content (AvgIpc) is 3.46. The smallest absolute Gasteiger partial charge is 0.302 e. The number of carbonyl (C=O) groups is 1. The van der Waals surface area contributed by atoms with Crippen molar-refractivity contribution in [1.29, 1.82) is 0 Å². The lowest BCUT2D eigenvalue weighted by atomic mass is 10.0. The van der Waals surface area contributed by atoms with Crippen LogP contribution in [0.3, 0.4) is 0 Å². The van der Waals surface area contributed by atoms with E-state index < -0.39 is 0 Å². The summed E-state index contributed by atoms with van der Waals surface area (Å²) >= 11 is 0. The van der Waals surface area contributed by atoms with Crippen molar-refractivity contribution in [2.75, 3.05) is 20.8 Å². The minimum absolute atomic E-state index is 0.291. The van der Waals surface area contributed by atoms with E-state index in [1.165, 1.54) is 6.92 Å². The van der Waals surface area contributed by atoms with E-state index in [0.717, 1.165) is 45.4 Å². The van der Waals surface area contributed by atoms with Crippen LogP contribution in [0.25, 0.3) is 33.9 Å². The normalized spacial score (nSPS) is 10.7. The number of benzene rings is 2. The van der Waals surface area contributed by atoms with E-state index in [-0.39, 0.29) is 5.97 Å². The van der Waals surface area contributed by atoms with Crippen LogP contribution in [0.4, 0.5) is 0 Å². The number of esters is 1. The molecule has 6 nitrogen and oxygen atoms in total. The van der Waals surface area contributed by atoms with Crippen molar-refractivity contribution in [1.82, 2.24) is 4.57 Å². The monoisotopic (exact) mass is 431 g/mol. The van der Waals surface area contributed by atoms with Gasteiger partial charge in [-0.25, -0.2) is 0 Å². The highest BCUT2D eigenvalue weighted by Crippen LogP contribution is 2.39. The maximum absolute atomic E-state index is 11.1. The Kier molecular flexibility index (Phi) is 6.31. The zero-order valence-corrected chi connectivity index (χ0v) is 18.3. The van der Waals surface area contributed by atoms with Gasteiger partial charge < -0.3 is 23.2 Å². The van der Waals surface area contributed by atoms with Crippen LogP contribution in [0.15, 0.2) is 77.3 Å². The molecular weight excluding hydrogens is 406 g/mol. The molecule has 0 saturated heterocycles. The summed E-state index contributed by atoms with van der Waals surface area (Å²) in [5, 5.41) is 0. The minimum atomic E-state index is -0.291. The molecule has 0 spiro atoms. The summed E-state index contributed by atoms with van der Waals surface area (Å²) in [4.78, 5) is 11.1. The Morgan fingerprint density at radius 3 is 2.12 bits per heavy atom. The molecule has 0 amide bonds. The number of rotatable bonds is 8. The second-order valence-corrected chi connectivity index (χ2v) is 7.24. The van der Waals surface area contributed by atoms with Crippen molar-refractivity contribution in [3.63, 3.8) is 0 Å². The fourth-order valence-corrected chi connectivity index (χ4v) is 3.58. The third kappa shape index (κ3) is 4.54. The highest BCUT2D eigenvalue weighted by molar-refractivity contribution is 5.83. The highest BCUT2D eigenvalue weighted by Gasteiger charge is 2.18. The molecule has 4 rings (SSSR count). The predicted octanol–water partition coefficient (Wildman–Crippen LogP) is 5.66. The van der Waals surface area contributed by atoms with Crippen LogP contribution in [0, 0.1) is 0 Å². The van der Waals surface area contributed by atoms with Crippen LogP contribution in [-0.2, 0) is 16.1 Å². The zero-order chi connectivity index (χ0) is 22.5. The third-order valence-electron chi connectivity index (χ3n) is 5.20. The minimum Gasteiger partial charge on any atom is -0.497 e. The fourth-order valence-electron chi connectivity index (χ4n) is 3.58. The number of ether oxygens (including phenoxy) is 3. The molecule has 0 atom stereocenters. The zero-order valence-electron chi connectivity index (χ0n) is 18.3. The van der Waals surface area contributed by atoms with Gasteiger partial charge in [0.1, 0.15) is 23.9 Å². The Labute approximate surface area is 187 Å². The van der Waals surface area contributed by atoms with Crippen LogP contribution in [0.2, 0.25) is 0 Å². The SMILES string of the molecule is COc1ccc(-c2cc(-c3cccn3CCOC(C)=O)oc2-c2ccc(OC)cc2)cc1. The lowest BCUT2D eigenvalue weighted by Gasteiger charge is -2.07. The van der Waals surface area contributed by atoms with Crippen molar-refractivity contribution >= 4 is 5.97 Å². The summed E-state index contributed by atoms with van der Waals surface area (Å²) in [6.07, 6.45) is 1.95. The van der Waals surface area contributed by atoms with E-state index in [1.807, 2.05) is 77.5 Å². The summed E-state index contributed by atoms with van der Waals surface area (Å²) in [7, 11) is 3.30. The van der Waals surface area contributed by atoms with Crippen LogP contribution in [0.5, 0.6) is 11.5 Å². The molecule has 2 heterocycles. The predicted molar refractivity (Wildman–Crippen MR) is 123 cm³/mol. The summed E-state index contributed by atoms with van der Waals surface area (Å²) < 4.78 is 24.1. The first-order chi connectivity index (χ1) is 15.6. The number of hydrogen-bond donors (Lipinski definition) is 0. The Bertz CT molecular complexity index is 1120. The molecule has 0 fully saturated rings. The molecule has 0 saturated carbocycles. The number of aromatic nitrogens is 1. The van der Waals surface area contributed by atoms with Crippen molar-refractivity contribution in [3.05, 3.63) is 72.9 Å². The van der Waals surface area contributed by atoms with Gasteiger partial charge in [0.25, 0.3) is 0 Å². The van der Waals surface area contributed by atoms with E-state index in [9.17, 15) is 4.79 Å². The van der Waals surface area contributed by atoms with Crippen molar-refractivity contribution < 1.29 is 23.4 Å². The molecule has 0 aliphatic heterocycles. The Hall–Kier alpha value is -3.93. The van der Waals surface area contributed by atoms with Gasteiger partial charge in [-0.15, -0.1) is 0 Å². The number of hydrogen-bond acceptors (Lipinski definition) is 5. The average molecular weight is 431 g/mol. The van der Waals surface area contributed by atoms with Crippen molar-refractivity contribution in [3.8, 4) is 45.4 Å². The Balaban J connectivity index is 1.75. The highest BCUT2D eigenvalue weighted by atomic mass is 16.5. The molecule has 0 radical (unpaired) electrons.